The van der Waals surface area contributed by atoms with E-state index in [1.807, 2.05) is 6.92 Å². The second-order valence-electron chi connectivity index (χ2n) is 5.45. The van der Waals surface area contributed by atoms with E-state index >= 15 is 0 Å². The molecule has 0 aromatic carbocycles. The molecule has 1 saturated heterocycles. The molecule has 2 rings (SSSR count). The van der Waals surface area contributed by atoms with Gasteiger partial charge in [-0.05, 0) is 38.6 Å². The number of carboxylic acid groups (broad SMARTS) is 1. The zero-order chi connectivity index (χ0) is 11.6. The molecular formula is C13H23NO2. The van der Waals surface area contributed by atoms with Crippen LogP contribution in [0.25, 0.3) is 0 Å². The van der Waals surface area contributed by atoms with E-state index < -0.39 is 11.4 Å². The van der Waals surface area contributed by atoms with Gasteiger partial charge in [0.25, 0.3) is 0 Å². The van der Waals surface area contributed by atoms with E-state index in [1.54, 1.807) is 0 Å². The van der Waals surface area contributed by atoms with Gasteiger partial charge in [-0.15, -0.1) is 0 Å². The summed E-state index contributed by atoms with van der Waals surface area (Å²) in [6.45, 7) is 3.91. The van der Waals surface area contributed by atoms with E-state index in [2.05, 4.69) is 4.90 Å². The van der Waals surface area contributed by atoms with E-state index in [9.17, 15) is 9.90 Å². The lowest BCUT2D eigenvalue weighted by atomic mass is 9.77. The molecule has 1 aliphatic carbocycles. The highest BCUT2D eigenvalue weighted by Crippen LogP contribution is 2.36. The number of likely N-dealkylation sites (tertiary alicyclic amines) is 1. The number of hydrogen-bond acceptors (Lipinski definition) is 2. The molecule has 1 N–H and O–H groups in total. The van der Waals surface area contributed by atoms with Crippen molar-refractivity contribution in [3.8, 4) is 0 Å². The number of carbonyl (C=O) groups is 1. The summed E-state index contributed by atoms with van der Waals surface area (Å²) in [7, 11) is 0. The molecule has 1 aliphatic heterocycles. The molecule has 0 aromatic heterocycles. The van der Waals surface area contributed by atoms with Crippen LogP contribution in [0.4, 0.5) is 0 Å². The Hall–Kier alpha value is -0.570. The average molecular weight is 225 g/mol. The summed E-state index contributed by atoms with van der Waals surface area (Å²) in [6.07, 6.45) is 7.89. The standard InChI is InChI=1S/C13H23NO2/c1-2-13(12(15)16)8-5-9-14(10-13)11-6-3-4-7-11/h11H,2-10H2,1H3,(H,15,16). The lowest BCUT2D eigenvalue weighted by Gasteiger charge is -2.42. The van der Waals surface area contributed by atoms with E-state index in [4.69, 9.17) is 0 Å². The third kappa shape index (κ3) is 2.10. The normalized spacial score (nSPS) is 33.1. The van der Waals surface area contributed by atoms with Crippen LogP contribution in [0.2, 0.25) is 0 Å². The minimum atomic E-state index is -0.585. The van der Waals surface area contributed by atoms with Crippen molar-refractivity contribution in [2.75, 3.05) is 13.1 Å². The van der Waals surface area contributed by atoms with E-state index in [1.165, 1.54) is 25.7 Å². The Balaban J connectivity index is 2.04. The summed E-state index contributed by atoms with van der Waals surface area (Å²) >= 11 is 0. The van der Waals surface area contributed by atoms with Crippen LogP contribution in [-0.4, -0.2) is 35.1 Å². The van der Waals surface area contributed by atoms with Gasteiger partial charge in [0, 0.05) is 12.6 Å². The summed E-state index contributed by atoms with van der Waals surface area (Å²) in [4.78, 5) is 13.9. The van der Waals surface area contributed by atoms with Crippen LogP contribution in [0.1, 0.15) is 51.9 Å². The van der Waals surface area contributed by atoms with Gasteiger partial charge in [-0.2, -0.15) is 0 Å². The second kappa shape index (κ2) is 4.74. The predicted octanol–water partition coefficient (Wildman–Crippen LogP) is 2.51. The molecule has 3 heteroatoms. The molecule has 1 atom stereocenters. The Kier molecular flexibility index (Phi) is 3.53. The molecule has 0 bridgehead atoms. The van der Waals surface area contributed by atoms with E-state index in [0.717, 1.165) is 32.4 Å². The molecule has 1 saturated carbocycles. The summed E-state index contributed by atoms with van der Waals surface area (Å²) in [5.74, 6) is -0.585. The monoisotopic (exact) mass is 225 g/mol. The lowest BCUT2D eigenvalue weighted by Crippen LogP contribution is -2.50. The maximum Gasteiger partial charge on any atom is 0.310 e. The molecule has 2 aliphatic rings. The van der Waals surface area contributed by atoms with Crippen molar-refractivity contribution in [1.82, 2.24) is 4.90 Å². The molecule has 2 fully saturated rings. The number of aliphatic carboxylic acids is 1. The fourth-order valence-corrected chi connectivity index (χ4v) is 3.36. The van der Waals surface area contributed by atoms with Gasteiger partial charge in [-0.1, -0.05) is 19.8 Å². The van der Waals surface area contributed by atoms with Crippen LogP contribution in [0.5, 0.6) is 0 Å². The predicted molar refractivity (Wildman–Crippen MR) is 63.4 cm³/mol. The fourth-order valence-electron chi connectivity index (χ4n) is 3.36. The van der Waals surface area contributed by atoms with Crippen molar-refractivity contribution in [2.24, 2.45) is 5.41 Å². The molecule has 0 aromatic rings. The number of nitrogens with zero attached hydrogens (tertiary/aromatic N) is 1. The van der Waals surface area contributed by atoms with Crippen LogP contribution < -0.4 is 0 Å². The van der Waals surface area contributed by atoms with Gasteiger partial charge in [-0.25, -0.2) is 0 Å². The van der Waals surface area contributed by atoms with Crippen LogP contribution in [0, 0.1) is 5.41 Å². The summed E-state index contributed by atoms with van der Waals surface area (Å²) < 4.78 is 0. The smallest absolute Gasteiger partial charge is 0.310 e. The van der Waals surface area contributed by atoms with E-state index in [-0.39, 0.29) is 0 Å². The number of rotatable bonds is 3. The van der Waals surface area contributed by atoms with Gasteiger partial charge < -0.3 is 5.11 Å². The van der Waals surface area contributed by atoms with Gasteiger partial charge in [0.15, 0.2) is 0 Å². The highest BCUT2D eigenvalue weighted by atomic mass is 16.4. The molecule has 0 radical (unpaired) electrons. The lowest BCUT2D eigenvalue weighted by molar-refractivity contribution is -0.153. The van der Waals surface area contributed by atoms with Gasteiger partial charge in [0.2, 0.25) is 0 Å². The zero-order valence-electron chi connectivity index (χ0n) is 10.2. The van der Waals surface area contributed by atoms with Crippen LogP contribution >= 0.6 is 0 Å². The van der Waals surface area contributed by atoms with Gasteiger partial charge in [0.1, 0.15) is 0 Å². The first-order valence-electron chi connectivity index (χ1n) is 6.65. The van der Waals surface area contributed by atoms with Crippen molar-refractivity contribution in [3.05, 3.63) is 0 Å². The Labute approximate surface area is 97.8 Å². The first kappa shape index (κ1) is 11.9. The van der Waals surface area contributed by atoms with Gasteiger partial charge in [0.05, 0.1) is 5.41 Å². The quantitative estimate of drug-likeness (QED) is 0.802. The molecule has 16 heavy (non-hydrogen) atoms. The molecule has 1 heterocycles. The topological polar surface area (TPSA) is 40.5 Å². The van der Waals surface area contributed by atoms with Gasteiger partial charge in [-0.3, -0.25) is 9.69 Å². The van der Waals surface area contributed by atoms with Gasteiger partial charge >= 0.3 is 5.97 Å². The molecule has 0 amide bonds. The number of carboxylic acids is 1. The minimum absolute atomic E-state index is 0.457. The Bertz CT molecular complexity index is 261. The van der Waals surface area contributed by atoms with Crippen molar-refractivity contribution < 1.29 is 9.90 Å². The third-order valence-corrected chi connectivity index (χ3v) is 4.58. The molecule has 1 unspecified atom stereocenters. The average Bonchev–Trinajstić information content (AvgIpc) is 2.82. The highest BCUT2D eigenvalue weighted by molar-refractivity contribution is 5.75. The Morgan fingerprint density at radius 2 is 2.06 bits per heavy atom. The maximum atomic E-state index is 11.4. The number of hydrogen-bond donors (Lipinski definition) is 1. The Morgan fingerprint density at radius 3 is 2.62 bits per heavy atom. The van der Waals surface area contributed by atoms with Crippen molar-refractivity contribution in [1.29, 1.82) is 0 Å². The molecule has 0 spiro atoms. The summed E-state index contributed by atoms with van der Waals surface area (Å²) in [5, 5.41) is 9.42. The third-order valence-electron chi connectivity index (χ3n) is 4.58. The van der Waals surface area contributed by atoms with Crippen molar-refractivity contribution >= 4 is 5.97 Å². The van der Waals surface area contributed by atoms with Crippen LogP contribution in [-0.2, 0) is 4.79 Å². The first-order chi connectivity index (χ1) is 7.68. The SMILES string of the molecule is CCC1(C(=O)O)CCCN(C2CCCC2)C1. The Morgan fingerprint density at radius 1 is 1.38 bits per heavy atom. The van der Waals surface area contributed by atoms with Crippen molar-refractivity contribution in [3.63, 3.8) is 0 Å². The largest absolute Gasteiger partial charge is 0.481 e. The number of piperidine rings is 1. The highest BCUT2D eigenvalue weighted by Gasteiger charge is 2.42. The van der Waals surface area contributed by atoms with Crippen LogP contribution in [0.15, 0.2) is 0 Å². The zero-order valence-corrected chi connectivity index (χ0v) is 10.2. The summed E-state index contributed by atoms with van der Waals surface area (Å²) in [5.41, 5.74) is -0.457. The maximum absolute atomic E-state index is 11.4. The fraction of sp³-hybridized carbons (Fsp3) is 0.923. The minimum Gasteiger partial charge on any atom is -0.481 e. The van der Waals surface area contributed by atoms with E-state index in [0.29, 0.717) is 6.04 Å². The molecule has 92 valence electrons. The first-order valence-corrected chi connectivity index (χ1v) is 6.65. The second-order valence-corrected chi connectivity index (χ2v) is 5.45. The van der Waals surface area contributed by atoms with Crippen molar-refractivity contribution in [2.45, 2.75) is 57.9 Å². The molecule has 3 nitrogen and oxygen atoms in total. The van der Waals surface area contributed by atoms with Crippen LogP contribution in [0.3, 0.4) is 0 Å². The molecular weight excluding hydrogens is 202 g/mol. The summed E-state index contributed by atoms with van der Waals surface area (Å²) in [6, 6.07) is 0.672.